The van der Waals surface area contributed by atoms with Gasteiger partial charge in [-0.25, -0.2) is 0 Å². The van der Waals surface area contributed by atoms with Crippen LogP contribution in [0.2, 0.25) is 0 Å². The van der Waals surface area contributed by atoms with Crippen molar-refractivity contribution in [2.24, 2.45) is 11.7 Å². The number of nitrogens with two attached hydrogens (primary N) is 1. The molecule has 0 aliphatic carbocycles. The first-order valence-corrected chi connectivity index (χ1v) is 15.0. The van der Waals surface area contributed by atoms with Crippen molar-refractivity contribution < 1.29 is 28.9 Å². The van der Waals surface area contributed by atoms with Crippen molar-refractivity contribution >= 4 is 17.6 Å². The predicted octanol–water partition coefficient (Wildman–Crippen LogP) is 4.47. The maximum absolute atomic E-state index is 14.0. The van der Waals surface area contributed by atoms with Gasteiger partial charge in [-0.3, -0.25) is 14.5 Å². The molecular weight excluding hydrogens is 546 g/mol. The fourth-order valence-corrected chi connectivity index (χ4v) is 6.21. The first-order valence-electron chi connectivity index (χ1n) is 15.0. The highest BCUT2D eigenvalue weighted by Gasteiger charge is 2.48. The molecule has 2 aliphatic heterocycles. The number of amides is 1. The van der Waals surface area contributed by atoms with E-state index < -0.39 is 17.9 Å². The van der Waals surface area contributed by atoms with Crippen LogP contribution in [0.1, 0.15) is 42.4 Å². The van der Waals surface area contributed by atoms with E-state index >= 15 is 0 Å². The summed E-state index contributed by atoms with van der Waals surface area (Å²) in [5, 5.41) is 10.6. The van der Waals surface area contributed by atoms with E-state index in [1.165, 1.54) is 0 Å². The van der Waals surface area contributed by atoms with Crippen LogP contribution in [0.4, 0.5) is 5.69 Å². The molecule has 3 aromatic rings. The number of para-hydroxylation sites is 2. The van der Waals surface area contributed by atoms with Crippen LogP contribution in [0.5, 0.6) is 17.2 Å². The van der Waals surface area contributed by atoms with Crippen molar-refractivity contribution in [3.05, 3.63) is 83.4 Å². The number of methoxy groups -OCH3 is 1. The summed E-state index contributed by atoms with van der Waals surface area (Å²) in [5.41, 5.74) is 9.67. The summed E-state index contributed by atoms with van der Waals surface area (Å²) in [4.78, 5) is 30.7. The van der Waals surface area contributed by atoms with Crippen LogP contribution in [0.25, 0.3) is 0 Å². The molecule has 3 aromatic carbocycles. The minimum Gasteiger partial charge on any atom is -0.493 e. The van der Waals surface area contributed by atoms with Crippen LogP contribution in [0, 0.1) is 5.92 Å². The van der Waals surface area contributed by atoms with Crippen molar-refractivity contribution in [2.75, 3.05) is 44.9 Å². The molecule has 0 radical (unpaired) electrons. The average Bonchev–Trinajstić information content (AvgIpc) is 3.64. The third-order valence-electron chi connectivity index (χ3n) is 8.49. The number of hydrogen-bond acceptors (Lipinski definition) is 7. The van der Waals surface area contributed by atoms with Crippen LogP contribution in [0.15, 0.2) is 66.7 Å². The van der Waals surface area contributed by atoms with Gasteiger partial charge in [-0.2, -0.15) is 0 Å². The minimum atomic E-state index is -0.913. The van der Waals surface area contributed by atoms with Crippen molar-refractivity contribution in [1.29, 1.82) is 0 Å². The van der Waals surface area contributed by atoms with E-state index in [1.807, 2.05) is 53.4 Å². The van der Waals surface area contributed by atoms with Gasteiger partial charge in [0.15, 0.2) is 11.5 Å². The molecule has 2 aliphatic rings. The van der Waals surface area contributed by atoms with Crippen molar-refractivity contribution in [1.82, 2.24) is 4.90 Å². The lowest BCUT2D eigenvalue weighted by molar-refractivity contribution is -0.143. The average molecular weight is 588 g/mol. The second-order valence-electron chi connectivity index (χ2n) is 11.2. The summed E-state index contributed by atoms with van der Waals surface area (Å²) in [6.45, 7) is 4.22. The first kappa shape index (κ1) is 30.4. The lowest BCUT2D eigenvalue weighted by Gasteiger charge is -2.30. The molecule has 1 saturated heterocycles. The van der Waals surface area contributed by atoms with E-state index in [0.717, 1.165) is 47.4 Å². The number of hydrogen-bond donors (Lipinski definition) is 2. The second kappa shape index (κ2) is 13.9. The van der Waals surface area contributed by atoms with Gasteiger partial charge in [-0.15, -0.1) is 0 Å². The number of fused-ring (bicyclic) bond motifs is 1. The molecule has 2 heterocycles. The Labute approximate surface area is 253 Å². The van der Waals surface area contributed by atoms with Crippen molar-refractivity contribution in [3.8, 4) is 17.2 Å². The van der Waals surface area contributed by atoms with E-state index in [1.54, 1.807) is 24.1 Å². The third-order valence-corrected chi connectivity index (χ3v) is 8.49. The van der Waals surface area contributed by atoms with Crippen LogP contribution in [0.3, 0.4) is 0 Å². The molecular formula is C34H41N3O6. The van der Waals surface area contributed by atoms with Gasteiger partial charge in [0.1, 0.15) is 12.4 Å². The number of rotatable bonds is 13. The fourth-order valence-electron chi connectivity index (χ4n) is 6.21. The zero-order chi connectivity index (χ0) is 30.3. The standard InChI is InChI=1S/C34H41N3O6/c1-3-4-15-37(26-9-7-8-23(17-26)19-35)32(38)21-36-20-27(24-12-13-29-25(18-24)14-16-42-29)33(34(39)40)28(36)22-43-31-11-6-5-10-30(31)41-2/h5-13,17-18,27-28,33H,3-4,14-16,19-22,35H2,1-2H3,(H,39,40)/t27-,28+,33?/m1/s1. The number of likely N-dealkylation sites (tertiary alicyclic amines) is 1. The molecule has 1 amide bonds. The van der Waals surface area contributed by atoms with Crippen LogP contribution in [-0.2, 0) is 22.6 Å². The van der Waals surface area contributed by atoms with E-state index in [2.05, 4.69) is 13.0 Å². The van der Waals surface area contributed by atoms with Crippen molar-refractivity contribution in [3.63, 3.8) is 0 Å². The Balaban J connectivity index is 1.46. The number of ether oxygens (including phenoxy) is 3. The Hall–Kier alpha value is -4.08. The summed E-state index contributed by atoms with van der Waals surface area (Å²) in [6, 6.07) is 20.4. The predicted molar refractivity (Wildman–Crippen MR) is 165 cm³/mol. The Bertz CT molecular complexity index is 1430. The van der Waals surface area contributed by atoms with Gasteiger partial charge >= 0.3 is 5.97 Å². The number of carboxylic acid groups (broad SMARTS) is 1. The fraction of sp³-hybridized carbons (Fsp3) is 0.412. The molecule has 0 aromatic heterocycles. The monoisotopic (exact) mass is 587 g/mol. The molecule has 3 atom stereocenters. The lowest BCUT2D eigenvalue weighted by Crippen LogP contribution is -2.46. The summed E-state index contributed by atoms with van der Waals surface area (Å²) >= 11 is 0. The SMILES string of the molecule is CCCCN(C(=O)CN1C[C@H](c2ccc3c(c2)CCO3)C(C(=O)O)[C@@H]1COc1ccccc1OC)c1cccc(CN)c1. The van der Waals surface area contributed by atoms with Gasteiger partial charge in [-0.05, 0) is 53.4 Å². The molecule has 228 valence electrons. The van der Waals surface area contributed by atoms with Crippen LogP contribution >= 0.6 is 0 Å². The summed E-state index contributed by atoms with van der Waals surface area (Å²) in [7, 11) is 1.57. The summed E-state index contributed by atoms with van der Waals surface area (Å²) in [5.74, 6) is -0.166. The number of aliphatic carboxylic acids is 1. The van der Waals surface area contributed by atoms with Gasteiger partial charge in [-0.1, -0.05) is 49.7 Å². The molecule has 0 bridgehead atoms. The van der Waals surface area contributed by atoms with Crippen LogP contribution < -0.4 is 24.8 Å². The Kier molecular flexibility index (Phi) is 9.84. The van der Waals surface area contributed by atoms with E-state index in [-0.39, 0.29) is 25.0 Å². The second-order valence-corrected chi connectivity index (χ2v) is 11.2. The lowest BCUT2D eigenvalue weighted by atomic mass is 9.84. The number of carboxylic acids is 1. The number of carbonyl (C=O) groups excluding carboxylic acids is 1. The molecule has 9 nitrogen and oxygen atoms in total. The van der Waals surface area contributed by atoms with Crippen LogP contribution in [-0.4, -0.2) is 67.9 Å². The van der Waals surface area contributed by atoms with E-state index in [0.29, 0.717) is 37.7 Å². The van der Waals surface area contributed by atoms with Gasteiger partial charge in [0.25, 0.3) is 0 Å². The van der Waals surface area contributed by atoms with E-state index in [4.69, 9.17) is 19.9 Å². The zero-order valence-corrected chi connectivity index (χ0v) is 24.9. The molecule has 1 unspecified atom stereocenters. The number of benzene rings is 3. The number of unbranched alkanes of at least 4 members (excludes halogenated alkanes) is 1. The number of nitrogens with zero attached hydrogens (tertiary/aromatic N) is 2. The highest BCUT2D eigenvalue weighted by atomic mass is 16.5. The summed E-state index contributed by atoms with van der Waals surface area (Å²) < 4.78 is 17.4. The molecule has 1 fully saturated rings. The molecule has 5 rings (SSSR count). The normalized spacial score (nSPS) is 19.5. The zero-order valence-electron chi connectivity index (χ0n) is 24.9. The number of anilines is 1. The Morgan fingerprint density at radius 2 is 1.91 bits per heavy atom. The summed E-state index contributed by atoms with van der Waals surface area (Å²) in [6.07, 6.45) is 2.57. The Morgan fingerprint density at radius 1 is 1.09 bits per heavy atom. The quantitative estimate of drug-likeness (QED) is 0.301. The Morgan fingerprint density at radius 3 is 2.65 bits per heavy atom. The minimum absolute atomic E-state index is 0.0604. The molecule has 0 spiro atoms. The molecule has 43 heavy (non-hydrogen) atoms. The number of carbonyl (C=O) groups is 2. The molecule has 9 heteroatoms. The highest BCUT2D eigenvalue weighted by Crippen LogP contribution is 2.40. The third kappa shape index (κ3) is 6.78. The molecule has 0 saturated carbocycles. The van der Waals surface area contributed by atoms with Gasteiger partial charge in [0.05, 0.1) is 32.2 Å². The smallest absolute Gasteiger partial charge is 0.308 e. The van der Waals surface area contributed by atoms with Gasteiger partial charge in [0, 0.05) is 37.7 Å². The highest BCUT2D eigenvalue weighted by molar-refractivity contribution is 5.95. The molecule has 3 N–H and O–H groups in total. The van der Waals surface area contributed by atoms with Gasteiger partial charge in [0.2, 0.25) is 5.91 Å². The first-order chi connectivity index (χ1) is 20.9. The van der Waals surface area contributed by atoms with E-state index in [9.17, 15) is 14.7 Å². The van der Waals surface area contributed by atoms with Crippen molar-refractivity contribution in [2.45, 2.75) is 44.7 Å². The topological polar surface area (TPSA) is 115 Å². The maximum Gasteiger partial charge on any atom is 0.308 e. The largest absolute Gasteiger partial charge is 0.493 e. The maximum atomic E-state index is 14.0. The van der Waals surface area contributed by atoms with Gasteiger partial charge < -0.3 is 30.0 Å².